The molecule has 0 aromatic heterocycles. The van der Waals surface area contributed by atoms with Crippen molar-refractivity contribution in [2.24, 2.45) is 0 Å². The Morgan fingerprint density at radius 3 is 2.67 bits per heavy atom. The first-order chi connectivity index (χ1) is 14.2. The third-order valence-corrected chi connectivity index (χ3v) is 6.60. The summed E-state index contributed by atoms with van der Waals surface area (Å²) in [6.07, 6.45) is 0. The molecule has 0 aliphatic carbocycles. The van der Waals surface area contributed by atoms with E-state index in [0.29, 0.717) is 10.6 Å². The van der Waals surface area contributed by atoms with Crippen LogP contribution in [0, 0.1) is 0 Å². The number of anilines is 1. The molecule has 2 aromatic carbocycles. The molecule has 0 spiro atoms. The second-order valence-corrected chi connectivity index (χ2v) is 9.02. The van der Waals surface area contributed by atoms with E-state index in [2.05, 4.69) is 16.0 Å². The van der Waals surface area contributed by atoms with E-state index in [0.717, 1.165) is 4.31 Å². The summed E-state index contributed by atoms with van der Waals surface area (Å²) in [6, 6.07) is 10.8. The zero-order valence-corrected chi connectivity index (χ0v) is 17.5. The van der Waals surface area contributed by atoms with E-state index in [9.17, 15) is 22.8 Å². The lowest BCUT2D eigenvalue weighted by Crippen LogP contribution is -2.38. The van der Waals surface area contributed by atoms with Crippen molar-refractivity contribution in [3.63, 3.8) is 0 Å². The number of hydrogen-bond donors (Lipinski definition) is 3. The van der Waals surface area contributed by atoms with Gasteiger partial charge in [0.05, 0.1) is 29.2 Å². The third-order valence-electron chi connectivity index (χ3n) is 4.43. The van der Waals surface area contributed by atoms with Crippen molar-refractivity contribution in [2.75, 3.05) is 25.5 Å². The van der Waals surface area contributed by atoms with Crippen LogP contribution in [0.1, 0.15) is 15.9 Å². The second kappa shape index (κ2) is 8.82. The largest absolute Gasteiger partial charge is 0.351 e. The smallest absolute Gasteiger partial charge is 0.253 e. The molecule has 158 valence electrons. The molecule has 3 rings (SSSR count). The first-order valence-electron chi connectivity index (χ1n) is 8.87. The number of rotatable bonds is 6. The van der Waals surface area contributed by atoms with Gasteiger partial charge in [0, 0.05) is 18.6 Å². The molecule has 1 heterocycles. The Morgan fingerprint density at radius 1 is 1.20 bits per heavy atom. The maximum atomic E-state index is 12.8. The van der Waals surface area contributed by atoms with E-state index in [1.807, 2.05) is 0 Å². The summed E-state index contributed by atoms with van der Waals surface area (Å²) < 4.78 is 26.6. The molecule has 0 unspecified atom stereocenters. The quantitative estimate of drug-likeness (QED) is 0.604. The molecule has 1 aliphatic rings. The minimum Gasteiger partial charge on any atom is -0.351 e. The average Bonchev–Trinajstić information content (AvgIpc) is 2.85. The minimum atomic E-state index is -4.05. The van der Waals surface area contributed by atoms with Gasteiger partial charge in [-0.2, -0.15) is 4.31 Å². The molecule has 11 heteroatoms. The highest BCUT2D eigenvalue weighted by atomic mass is 35.5. The van der Waals surface area contributed by atoms with Crippen molar-refractivity contribution in [1.29, 1.82) is 0 Å². The number of halogens is 1. The monoisotopic (exact) mass is 450 g/mol. The second-order valence-electron chi connectivity index (χ2n) is 6.57. The highest BCUT2D eigenvalue weighted by molar-refractivity contribution is 7.89. The van der Waals surface area contributed by atoms with E-state index in [1.54, 1.807) is 24.3 Å². The van der Waals surface area contributed by atoms with E-state index in [-0.39, 0.29) is 29.2 Å². The van der Waals surface area contributed by atoms with Crippen LogP contribution in [0.3, 0.4) is 0 Å². The molecule has 30 heavy (non-hydrogen) atoms. The van der Waals surface area contributed by atoms with Crippen LogP contribution >= 0.6 is 11.6 Å². The summed E-state index contributed by atoms with van der Waals surface area (Å²) >= 11 is 6.04. The van der Waals surface area contributed by atoms with Crippen molar-refractivity contribution in [3.05, 3.63) is 58.6 Å². The Hall–Kier alpha value is -2.95. The van der Waals surface area contributed by atoms with Gasteiger partial charge in [0.15, 0.2) is 0 Å². The molecular weight excluding hydrogens is 432 g/mol. The Morgan fingerprint density at radius 2 is 1.93 bits per heavy atom. The van der Waals surface area contributed by atoms with Crippen molar-refractivity contribution in [3.8, 4) is 0 Å². The third kappa shape index (κ3) is 4.78. The average molecular weight is 451 g/mol. The first-order valence-corrected chi connectivity index (χ1v) is 10.7. The van der Waals surface area contributed by atoms with Gasteiger partial charge >= 0.3 is 0 Å². The number of amides is 3. The summed E-state index contributed by atoms with van der Waals surface area (Å²) in [5.74, 6) is -1.49. The minimum absolute atomic E-state index is 0.0264. The zero-order chi connectivity index (χ0) is 21.9. The van der Waals surface area contributed by atoms with E-state index >= 15 is 0 Å². The Balaban J connectivity index is 1.72. The molecule has 0 fully saturated rings. The van der Waals surface area contributed by atoms with Crippen LogP contribution < -0.4 is 16.0 Å². The number of carbonyl (C=O) groups excluding carboxylic acids is 3. The van der Waals surface area contributed by atoms with Crippen molar-refractivity contribution >= 4 is 45.0 Å². The fraction of sp³-hybridized carbons (Fsp3) is 0.211. The van der Waals surface area contributed by atoms with Crippen LogP contribution in [0.15, 0.2) is 47.4 Å². The van der Waals surface area contributed by atoms with Crippen molar-refractivity contribution in [1.82, 2.24) is 14.9 Å². The maximum Gasteiger partial charge on any atom is 0.253 e. The lowest BCUT2D eigenvalue weighted by molar-refractivity contribution is -0.121. The molecule has 1 aliphatic heterocycles. The van der Waals surface area contributed by atoms with Crippen LogP contribution in [0.2, 0.25) is 5.02 Å². The number of nitrogens with one attached hydrogen (secondary N) is 3. The SMILES string of the molecule is CN(CC(=O)NCc1ccccc1Cl)S(=O)(=O)c1ccc2c(c1)C(=O)NCC(=O)N2. The van der Waals surface area contributed by atoms with Gasteiger partial charge in [-0.3, -0.25) is 14.4 Å². The van der Waals surface area contributed by atoms with Gasteiger partial charge < -0.3 is 16.0 Å². The normalized spacial score (nSPS) is 13.8. The van der Waals surface area contributed by atoms with Gasteiger partial charge in [0.25, 0.3) is 5.91 Å². The maximum absolute atomic E-state index is 12.8. The summed E-state index contributed by atoms with van der Waals surface area (Å²) in [5.41, 5.74) is 0.949. The van der Waals surface area contributed by atoms with Crippen LogP contribution in [0.4, 0.5) is 5.69 Å². The number of carbonyl (C=O) groups is 3. The van der Waals surface area contributed by atoms with Crippen molar-refractivity contribution < 1.29 is 22.8 Å². The fourth-order valence-corrected chi connectivity index (χ4v) is 4.15. The number of likely N-dealkylation sites (N-methyl/N-ethyl adjacent to an activating group) is 1. The zero-order valence-electron chi connectivity index (χ0n) is 15.9. The summed E-state index contributed by atoms with van der Waals surface area (Å²) in [7, 11) is -2.79. The van der Waals surface area contributed by atoms with Gasteiger partial charge in [-0.15, -0.1) is 0 Å². The standard InChI is InChI=1S/C19H19ClN4O5S/c1-24(11-18(26)21-9-12-4-2-3-5-15(12)20)30(28,29)13-6-7-16-14(8-13)19(27)22-10-17(25)23-16/h2-8H,9-11H2,1H3,(H,21,26)(H,22,27)(H,23,25). The summed E-state index contributed by atoms with van der Waals surface area (Å²) in [6.45, 7) is -0.473. The number of benzene rings is 2. The molecule has 0 radical (unpaired) electrons. The Kier molecular flexibility index (Phi) is 6.40. The molecule has 9 nitrogen and oxygen atoms in total. The fourth-order valence-electron chi connectivity index (χ4n) is 2.79. The van der Waals surface area contributed by atoms with Crippen LogP contribution in [0.5, 0.6) is 0 Å². The molecule has 3 amide bonds. The first kappa shape index (κ1) is 21.8. The highest BCUT2D eigenvalue weighted by Crippen LogP contribution is 2.23. The summed E-state index contributed by atoms with van der Waals surface area (Å²) in [4.78, 5) is 35.8. The van der Waals surface area contributed by atoms with Gasteiger partial charge in [-0.25, -0.2) is 8.42 Å². The number of sulfonamides is 1. The molecular formula is C19H19ClN4O5S. The molecule has 0 bridgehead atoms. The van der Waals surface area contributed by atoms with E-state index in [1.165, 1.54) is 25.2 Å². The molecule has 0 atom stereocenters. The number of fused-ring (bicyclic) bond motifs is 1. The van der Waals surface area contributed by atoms with Crippen LogP contribution in [0.25, 0.3) is 0 Å². The Bertz CT molecular complexity index is 1120. The van der Waals surface area contributed by atoms with Crippen LogP contribution in [-0.2, 0) is 26.2 Å². The topological polar surface area (TPSA) is 125 Å². The van der Waals surface area contributed by atoms with Crippen molar-refractivity contribution in [2.45, 2.75) is 11.4 Å². The van der Waals surface area contributed by atoms with Crippen LogP contribution in [-0.4, -0.2) is 50.6 Å². The Labute approximate surface area is 178 Å². The summed E-state index contributed by atoms with van der Waals surface area (Å²) in [5, 5.41) is 8.04. The molecule has 2 aromatic rings. The number of hydrogen-bond acceptors (Lipinski definition) is 5. The van der Waals surface area contributed by atoms with E-state index < -0.39 is 34.3 Å². The lowest BCUT2D eigenvalue weighted by Gasteiger charge is -2.18. The predicted molar refractivity (Wildman–Crippen MR) is 111 cm³/mol. The van der Waals surface area contributed by atoms with Gasteiger partial charge in [0.1, 0.15) is 0 Å². The number of nitrogens with zero attached hydrogens (tertiary/aromatic N) is 1. The molecule has 3 N–H and O–H groups in total. The highest BCUT2D eigenvalue weighted by Gasteiger charge is 2.26. The molecule has 0 saturated carbocycles. The van der Waals surface area contributed by atoms with Gasteiger partial charge in [0.2, 0.25) is 21.8 Å². The predicted octanol–water partition coefficient (Wildman–Crippen LogP) is 0.959. The van der Waals surface area contributed by atoms with Gasteiger partial charge in [-0.05, 0) is 29.8 Å². The lowest BCUT2D eigenvalue weighted by atomic mass is 10.1. The van der Waals surface area contributed by atoms with E-state index in [4.69, 9.17) is 11.6 Å². The van der Waals surface area contributed by atoms with Gasteiger partial charge in [-0.1, -0.05) is 29.8 Å². The molecule has 0 saturated heterocycles.